The molecule has 0 spiro atoms. The molecule has 0 radical (unpaired) electrons. The molecule has 2 rings (SSSR count). The van der Waals surface area contributed by atoms with Crippen molar-refractivity contribution in [1.82, 2.24) is 4.98 Å². The molecule has 0 saturated heterocycles. The third-order valence-corrected chi connectivity index (χ3v) is 4.94. The molecule has 17 heavy (non-hydrogen) atoms. The summed E-state index contributed by atoms with van der Waals surface area (Å²) >= 11 is 1.64. The molecule has 1 aromatic rings. The second-order valence-corrected chi connectivity index (χ2v) is 7.63. The van der Waals surface area contributed by atoms with Gasteiger partial charge in [-0.15, -0.1) is 11.3 Å². The van der Waals surface area contributed by atoms with Gasteiger partial charge in [0.25, 0.3) is 0 Å². The van der Waals surface area contributed by atoms with E-state index >= 15 is 0 Å². The number of rotatable bonds is 1. The van der Waals surface area contributed by atoms with E-state index in [2.05, 4.69) is 25.8 Å². The highest BCUT2D eigenvalue weighted by molar-refractivity contribution is 7.15. The van der Waals surface area contributed by atoms with Gasteiger partial charge in [-0.25, -0.2) is 4.98 Å². The molecule has 0 aliphatic heterocycles. The fourth-order valence-electron chi connectivity index (χ4n) is 2.98. The number of anilines is 1. The Balaban J connectivity index is 2.02. The molecule has 2 N–H and O–H groups in total. The van der Waals surface area contributed by atoms with E-state index in [9.17, 15) is 0 Å². The highest BCUT2D eigenvalue weighted by Crippen LogP contribution is 2.44. The quantitative estimate of drug-likeness (QED) is 0.807. The molecule has 1 aliphatic carbocycles. The predicted molar refractivity (Wildman–Crippen MR) is 75.4 cm³/mol. The number of nitrogen functional groups attached to an aromatic ring is 1. The Bertz CT molecular complexity index is 381. The number of nitrogens with two attached hydrogens (primary N) is 1. The Morgan fingerprint density at radius 2 is 1.76 bits per heavy atom. The highest BCUT2D eigenvalue weighted by Gasteiger charge is 2.31. The molecule has 2 nitrogen and oxygen atoms in total. The average molecular weight is 252 g/mol. The largest absolute Gasteiger partial charge is 0.389 e. The lowest BCUT2D eigenvalue weighted by atomic mass is 9.69. The highest BCUT2D eigenvalue weighted by atomic mass is 32.1. The van der Waals surface area contributed by atoms with Crippen molar-refractivity contribution < 1.29 is 0 Å². The van der Waals surface area contributed by atoms with Crippen LogP contribution in [0.5, 0.6) is 0 Å². The maximum Gasteiger partial charge on any atom is 0.110 e. The molecular formula is C14H24N2S. The molecule has 3 heteroatoms. The van der Waals surface area contributed by atoms with Crippen LogP contribution in [0, 0.1) is 18.3 Å². The Labute approximate surface area is 109 Å². The fourth-order valence-corrected chi connectivity index (χ4v) is 3.76. The minimum atomic E-state index is 0.453. The van der Waals surface area contributed by atoms with Crippen molar-refractivity contribution in [3.63, 3.8) is 0 Å². The van der Waals surface area contributed by atoms with Crippen LogP contribution in [0.2, 0.25) is 0 Å². The van der Waals surface area contributed by atoms with Crippen LogP contribution in [0.15, 0.2) is 0 Å². The van der Waals surface area contributed by atoms with E-state index in [0.717, 1.165) is 15.9 Å². The average Bonchev–Trinajstić information content (AvgIpc) is 2.57. The van der Waals surface area contributed by atoms with Crippen molar-refractivity contribution >= 4 is 16.3 Å². The molecule has 1 saturated carbocycles. The summed E-state index contributed by atoms with van der Waals surface area (Å²) in [4.78, 5) is 4.61. The van der Waals surface area contributed by atoms with Crippen molar-refractivity contribution in [2.24, 2.45) is 11.3 Å². The number of aryl methyl sites for hydroxylation is 1. The molecule has 1 aliphatic rings. The lowest BCUT2D eigenvalue weighted by molar-refractivity contribution is 0.168. The first-order valence-electron chi connectivity index (χ1n) is 6.60. The first kappa shape index (κ1) is 12.9. The van der Waals surface area contributed by atoms with Crippen LogP contribution in [0.25, 0.3) is 0 Å². The maximum absolute atomic E-state index is 6.05. The van der Waals surface area contributed by atoms with Crippen LogP contribution in [-0.4, -0.2) is 4.98 Å². The van der Waals surface area contributed by atoms with Crippen LogP contribution in [0.3, 0.4) is 0 Å². The van der Waals surface area contributed by atoms with Crippen molar-refractivity contribution in [3.8, 4) is 0 Å². The minimum Gasteiger partial charge on any atom is -0.389 e. The Hall–Kier alpha value is -0.570. The van der Waals surface area contributed by atoms with E-state index in [0.29, 0.717) is 11.3 Å². The van der Waals surface area contributed by atoms with Gasteiger partial charge in [-0.1, -0.05) is 20.8 Å². The molecule has 1 heterocycles. The Morgan fingerprint density at radius 3 is 2.18 bits per heavy atom. The molecule has 0 atom stereocenters. The third-order valence-electron chi connectivity index (χ3n) is 4.13. The summed E-state index contributed by atoms with van der Waals surface area (Å²) in [5, 5.41) is 2.05. The summed E-state index contributed by atoms with van der Waals surface area (Å²) < 4.78 is 0. The molecule has 0 bridgehead atoms. The van der Waals surface area contributed by atoms with Crippen molar-refractivity contribution in [3.05, 3.63) is 10.7 Å². The van der Waals surface area contributed by atoms with Crippen LogP contribution in [0.1, 0.15) is 63.1 Å². The number of hydrogen-bond donors (Lipinski definition) is 1. The zero-order valence-electron chi connectivity index (χ0n) is 11.4. The predicted octanol–water partition coefficient (Wildman–Crippen LogP) is 4.35. The Kier molecular flexibility index (Phi) is 3.48. The van der Waals surface area contributed by atoms with Crippen LogP contribution >= 0.6 is 11.3 Å². The summed E-state index contributed by atoms with van der Waals surface area (Å²) in [6, 6.07) is 0. The van der Waals surface area contributed by atoms with Gasteiger partial charge < -0.3 is 5.73 Å². The third kappa shape index (κ3) is 2.82. The minimum absolute atomic E-state index is 0.453. The monoisotopic (exact) mass is 252 g/mol. The second-order valence-electron chi connectivity index (χ2n) is 6.40. The Morgan fingerprint density at radius 1 is 1.18 bits per heavy atom. The van der Waals surface area contributed by atoms with Crippen molar-refractivity contribution in [2.45, 2.75) is 59.3 Å². The van der Waals surface area contributed by atoms with Gasteiger partial charge in [0.05, 0.1) is 10.7 Å². The van der Waals surface area contributed by atoms with E-state index in [1.807, 2.05) is 6.92 Å². The van der Waals surface area contributed by atoms with E-state index in [-0.39, 0.29) is 0 Å². The second kappa shape index (κ2) is 4.60. The van der Waals surface area contributed by atoms with E-state index < -0.39 is 0 Å². The number of thiazole rings is 1. The van der Waals surface area contributed by atoms with Gasteiger partial charge in [0.2, 0.25) is 0 Å². The van der Waals surface area contributed by atoms with Crippen molar-refractivity contribution in [2.75, 3.05) is 5.73 Å². The fraction of sp³-hybridized carbons (Fsp3) is 0.786. The van der Waals surface area contributed by atoms with Gasteiger partial charge >= 0.3 is 0 Å². The number of hydrogen-bond acceptors (Lipinski definition) is 3. The van der Waals surface area contributed by atoms with Crippen LogP contribution in [0.4, 0.5) is 5.00 Å². The van der Waals surface area contributed by atoms with Crippen LogP contribution < -0.4 is 5.73 Å². The smallest absolute Gasteiger partial charge is 0.110 e. The SMILES string of the molecule is Cc1nc(C2CCC(C(C)(C)C)CC2)c(N)s1. The summed E-state index contributed by atoms with van der Waals surface area (Å²) in [7, 11) is 0. The summed E-state index contributed by atoms with van der Waals surface area (Å²) in [5.41, 5.74) is 7.68. The van der Waals surface area contributed by atoms with Gasteiger partial charge in [-0.2, -0.15) is 0 Å². The molecule has 96 valence electrons. The van der Waals surface area contributed by atoms with Gasteiger partial charge in [0.15, 0.2) is 0 Å². The summed E-state index contributed by atoms with van der Waals surface area (Å²) in [6.07, 6.45) is 5.17. The first-order chi connectivity index (χ1) is 7.88. The molecule has 0 unspecified atom stereocenters. The summed E-state index contributed by atoms with van der Waals surface area (Å²) in [6.45, 7) is 9.13. The molecule has 1 fully saturated rings. The van der Waals surface area contributed by atoms with Gasteiger partial charge in [-0.3, -0.25) is 0 Å². The normalized spacial score (nSPS) is 26.1. The zero-order valence-corrected chi connectivity index (χ0v) is 12.2. The van der Waals surface area contributed by atoms with E-state index in [4.69, 9.17) is 5.73 Å². The topological polar surface area (TPSA) is 38.9 Å². The molecule has 0 amide bonds. The lowest BCUT2D eigenvalue weighted by Crippen LogP contribution is -2.25. The standard InChI is InChI=1S/C14H24N2S/c1-9-16-12(13(15)17-9)10-5-7-11(8-6-10)14(2,3)4/h10-11H,5-8,15H2,1-4H3. The van der Waals surface area contributed by atoms with E-state index in [1.54, 1.807) is 11.3 Å². The number of nitrogens with zero attached hydrogens (tertiary/aromatic N) is 1. The summed E-state index contributed by atoms with van der Waals surface area (Å²) in [5.74, 6) is 1.47. The maximum atomic E-state index is 6.05. The zero-order chi connectivity index (χ0) is 12.6. The molecule has 1 aromatic heterocycles. The first-order valence-corrected chi connectivity index (χ1v) is 7.42. The van der Waals surface area contributed by atoms with Crippen LogP contribution in [-0.2, 0) is 0 Å². The van der Waals surface area contributed by atoms with Gasteiger partial charge in [-0.05, 0) is 43.9 Å². The lowest BCUT2D eigenvalue weighted by Gasteiger charge is -2.36. The number of aromatic nitrogens is 1. The van der Waals surface area contributed by atoms with Gasteiger partial charge in [0.1, 0.15) is 5.00 Å². The van der Waals surface area contributed by atoms with E-state index in [1.165, 1.54) is 31.4 Å². The van der Waals surface area contributed by atoms with Crippen molar-refractivity contribution in [1.29, 1.82) is 0 Å². The van der Waals surface area contributed by atoms with Gasteiger partial charge in [0, 0.05) is 5.92 Å². The molecule has 0 aromatic carbocycles. The molecular weight excluding hydrogens is 228 g/mol.